The van der Waals surface area contributed by atoms with Gasteiger partial charge in [0.25, 0.3) is 0 Å². The minimum absolute atomic E-state index is 0.000197. The van der Waals surface area contributed by atoms with E-state index >= 15 is 0 Å². The van der Waals surface area contributed by atoms with Gasteiger partial charge in [0, 0.05) is 12.0 Å². The molecular formula is C16H22O. The fourth-order valence-electron chi connectivity index (χ4n) is 1.83. The molecule has 0 unspecified atom stereocenters. The van der Waals surface area contributed by atoms with Gasteiger partial charge >= 0.3 is 0 Å². The summed E-state index contributed by atoms with van der Waals surface area (Å²) in [4.78, 5) is 12.2. The predicted molar refractivity (Wildman–Crippen MR) is 73.5 cm³/mol. The molecule has 0 spiro atoms. The molecule has 0 aliphatic rings. The number of ketones is 1. The first-order chi connectivity index (χ1) is 7.86. The normalized spacial score (nSPS) is 11.3. The fourth-order valence-corrected chi connectivity index (χ4v) is 1.83. The van der Waals surface area contributed by atoms with Crippen LogP contribution in [-0.4, -0.2) is 5.78 Å². The summed E-state index contributed by atoms with van der Waals surface area (Å²) < 4.78 is 0. The van der Waals surface area contributed by atoms with E-state index in [2.05, 4.69) is 27.4 Å². The van der Waals surface area contributed by atoms with Gasteiger partial charge in [-0.1, -0.05) is 64.1 Å². The number of hydrogen-bond donors (Lipinski definition) is 0. The van der Waals surface area contributed by atoms with Gasteiger partial charge in [0.1, 0.15) is 0 Å². The Balaban J connectivity index is 3.06. The molecule has 0 atom stereocenters. The van der Waals surface area contributed by atoms with Crippen molar-refractivity contribution in [2.45, 2.75) is 46.0 Å². The van der Waals surface area contributed by atoms with Crippen molar-refractivity contribution in [3.05, 3.63) is 47.5 Å². The van der Waals surface area contributed by atoms with E-state index < -0.39 is 0 Å². The number of carbonyl (C=O) groups is 1. The lowest BCUT2D eigenvalue weighted by molar-refractivity contribution is 0.0990. The molecule has 0 N–H and O–H groups in total. The topological polar surface area (TPSA) is 17.1 Å². The summed E-state index contributed by atoms with van der Waals surface area (Å²) in [6.45, 7) is 12.3. The lowest BCUT2D eigenvalue weighted by atomic mass is 9.82. The molecule has 1 nitrogen and oxygen atoms in total. The second-order valence-corrected chi connectivity index (χ2v) is 5.50. The largest absolute Gasteiger partial charge is 0.294 e. The van der Waals surface area contributed by atoms with E-state index in [0.717, 1.165) is 23.1 Å². The quantitative estimate of drug-likeness (QED) is 0.549. The number of Topliss-reactive ketones (excluding diaryl/α,β-unsaturated/α-hetero) is 1. The summed E-state index contributed by atoms with van der Waals surface area (Å²) in [5.41, 5.74) is 2.96. The lowest BCUT2D eigenvalue weighted by Crippen LogP contribution is -2.17. The molecule has 0 bridgehead atoms. The number of allylic oxidation sites excluding steroid dienone is 1. The molecule has 0 radical (unpaired) electrons. The molecule has 0 fully saturated rings. The van der Waals surface area contributed by atoms with Crippen molar-refractivity contribution >= 4 is 5.78 Å². The van der Waals surface area contributed by atoms with Crippen molar-refractivity contribution in [3.8, 4) is 0 Å². The SMILES string of the molecule is C=C(CC)CC(=O)c1ccccc1C(C)(C)C. The monoisotopic (exact) mass is 230 g/mol. The van der Waals surface area contributed by atoms with Crippen LogP contribution in [0.5, 0.6) is 0 Å². The van der Waals surface area contributed by atoms with Crippen LogP contribution in [0.1, 0.15) is 56.5 Å². The Morgan fingerprint density at radius 2 is 1.82 bits per heavy atom. The Morgan fingerprint density at radius 3 is 2.35 bits per heavy atom. The highest BCUT2D eigenvalue weighted by Gasteiger charge is 2.20. The summed E-state index contributed by atoms with van der Waals surface area (Å²) in [5.74, 6) is 0.183. The van der Waals surface area contributed by atoms with Gasteiger partial charge in [-0.2, -0.15) is 0 Å². The van der Waals surface area contributed by atoms with Crippen LogP contribution >= 0.6 is 0 Å². The van der Waals surface area contributed by atoms with Crippen LogP contribution in [0.4, 0.5) is 0 Å². The number of carbonyl (C=O) groups excluding carboxylic acids is 1. The van der Waals surface area contributed by atoms with Gasteiger partial charge in [0.15, 0.2) is 5.78 Å². The number of benzene rings is 1. The molecule has 1 aromatic carbocycles. The second kappa shape index (κ2) is 5.31. The Bertz CT molecular complexity index is 421. The molecule has 0 saturated heterocycles. The Labute approximate surface area is 105 Å². The maximum atomic E-state index is 12.2. The molecule has 0 saturated carbocycles. The van der Waals surface area contributed by atoms with Crippen molar-refractivity contribution in [2.24, 2.45) is 0 Å². The van der Waals surface area contributed by atoms with Gasteiger partial charge in [-0.25, -0.2) is 0 Å². The van der Waals surface area contributed by atoms with Gasteiger partial charge in [0.05, 0.1) is 0 Å². The summed E-state index contributed by atoms with van der Waals surface area (Å²) in [6, 6.07) is 7.89. The zero-order valence-electron chi connectivity index (χ0n) is 11.3. The lowest BCUT2D eigenvalue weighted by Gasteiger charge is -2.22. The van der Waals surface area contributed by atoms with Crippen LogP contribution in [-0.2, 0) is 5.41 Å². The molecule has 1 rings (SSSR count). The van der Waals surface area contributed by atoms with Crippen LogP contribution in [0.3, 0.4) is 0 Å². The fraction of sp³-hybridized carbons (Fsp3) is 0.438. The highest BCUT2D eigenvalue weighted by Crippen LogP contribution is 2.27. The minimum Gasteiger partial charge on any atom is -0.294 e. The van der Waals surface area contributed by atoms with Crippen molar-refractivity contribution in [1.82, 2.24) is 0 Å². The highest BCUT2D eigenvalue weighted by molar-refractivity contribution is 5.99. The van der Waals surface area contributed by atoms with E-state index in [1.165, 1.54) is 0 Å². The minimum atomic E-state index is -0.000197. The third-order valence-corrected chi connectivity index (χ3v) is 2.95. The summed E-state index contributed by atoms with van der Waals surface area (Å²) in [7, 11) is 0. The Morgan fingerprint density at radius 1 is 1.24 bits per heavy atom. The van der Waals surface area contributed by atoms with Crippen molar-refractivity contribution in [3.63, 3.8) is 0 Å². The van der Waals surface area contributed by atoms with Crippen molar-refractivity contribution in [1.29, 1.82) is 0 Å². The molecule has 0 aliphatic carbocycles. The first-order valence-electron chi connectivity index (χ1n) is 6.15. The van der Waals surface area contributed by atoms with Crippen LogP contribution in [0.25, 0.3) is 0 Å². The average Bonchev–Trinajstić information content (AvgIpc) is 2.27. The van der Waals surface area contributed by atoms with Crippen molar-refractivity contribution in [2.75, 3.05) is 0 Å². The first kappa shape index (κ1) is 13.7. The first-order valence-corrected chi connectivity index (χ1v) is 6.15. The van der Waals surface area contributed by atoms with Crippen LogP contribution in [0.2, 0.25) is 0 Å². The van der Waals surface area contributed by atoms with E-state index in [1.807, 2.05) is 31.2 Å². The number of hydrogen-bond acceptors (Lipinski definition) is 1. The van der Waals surface area contributed by atoms with Gasteiger partial charge in [0.2, 0.25) is 0 Å². The van der Waals surface area contributed by atoms with Gasteiger partial charge in [-0.3, -0.25) is 4.79 Å². The molecule has 0 heterocycles. The molecule has 0 amide bonds. The third kappa shape index (κ3) is 3.55. The van der Waals surface area contributed by atoms with E-state index in [-0.39, 0.29) is 11.2 Å². The van der Waals surface area contributed by atoms with E-state index in [9.17, 15) is 4.79 Å². The van der Waals surface area contributed by atoms with E-state index in [0.29, 0.717) is 6.42 Å². The van der Waals surface area contributed by atoms with Gasteiger partial charge in [-0.15, -0.1) is 0 Å². The third-order valence-electron chi connectivity index (χ3n) is 2.95. The highest BCUT2D eigenvalue weighted by atomic mass is 16.1. The van der Waals surface area contributed by atoms with Crippen LogP contribution < -0.4 is 0 Å². The molecule has 0 aliphatic heterocycles. The number of rotatable bonds is 4. The zero-order chi connectivity index (χ0) is 13.1. The molecule has 17 heavy (non-hydrogen) atoms. The Hall–Kier alpha value is -1.37. The van der Waals surface area contributed by atoms with Crippen molar-refractivity contribution < 1.29 is 4.79 Å². The van der Waals surface area contributed by atoms with Crippen LogP contribution in [0, 0.1) is 0 Å². The summed E-state index contributed by atoms with van der Waals surface area (Å²) in [6.07, 6.45) is 1.33. The molecule has 92 valence electrons. The second-order valence-electron chi connectivity index (χ2n) is 5.50. The van der Waals surface area contributed by atoms with E-state index in [4.69, 9.17) is 0 Å². The van der Waals surface area contributed by atoms with Crippen LogP contribution in [0.15, 0.2) is 36.4 Å². The summed E-state index contributed by atoms with van der Waals surface area (Å²) in [5, 5.41) is 0. The zero-order valence-corrected chi connectivity index (χ0v) is 11.3. The molecule has 1 aromatic rings. The summed E-state index contributed by atoms with van der Waals surface area (Å²) >= 11 is 0. The Kier molecular flexibility index (Phi) is 4.28. The standard InChI is InChI=1S/C16H22O/c1-6-12(2)11-15(17)13-9-7-8-10-14(13)16(3,4)5/h7-10H,2,6,11H2,1,3-5H3. The van der Waals surface area contributed by atoms with E-state index in [1.54, 1.807) is 0 Å². The maximum absolute atomic E-state index is 12.2. The maximum Gasteiger partial charge on any atom is 0.167 e. The van der Waals surface area contributed by atoms with Gasteiger partial charge in [-0.05, 0) is 17.4 Å². The van der Waals surface area contributed by atoms with Gasteiger partial charge < -0.3 is 0 Å². The predicted octanol–water partition coefficient (Wildman–Crippen LogP) is 4.52. The molecule has 1 heteroatoms. The molecular weight excluding hydrogens is 208 g/mol. The molecule has 0 aromatic heterocycles. The smallest absolute Gasteiger partial charge is 0.167 e. The average molecular weight is 230 g/mol.